The number of rotatable bonds is 5. The van der Waals surface area contributed by atoms with E-state index in [-0.39, 0.29) is 11.8 Å². The van der Waals surface area contributed by atoms with Crippen molar-refractivity contribution >= 4 is 28.5 Å². The van der Waals surface area contributed by atoms with Crippen molar-refractivity contribution in [1.29, 1.82) is 0 Å². The molecule has 2 unspecified atom stereocenters. The Morgan fingerprint density at radius 2 is 2.29 bits per heavy atom. The summed E-state index contributed by atoms with van der Waals surface area (Å²) in [7, 11) is 0. The van der Waals surface area contributed by atoms with Crippen LogP contribution < -0.4 is 5.32 Å². The molecular weight excluding hydrogens is 288 g/mol. The maximum Gasteiger partial charge on any atom is 0.306 e. The standard InChI is InChI=1S/C16H19ClN2O2/c17-12-4-5-13-11(9-19-15(13)6-12)8-18-7-10-2-1-3-14(10)16(20)21/h4-6,9-10,14,18-19H,1-3,7-8H2,(H,20,21). The summed E-state index contributed by atoms with van der Waals surface area (Å²) in [5.74, 6) is -0.581. The average Bonchev–Trinajstić information content (AvgIpc) is 3.05. The van der Waals surface area contributed by atoms with Crippen LogP contribution in [0.5, 0.6) is 0 Å². The number of carboxylic acids is 1. The van der Waals surface area contributed by atoms with Crippen molar-refractivity contribution in [2.45, 2.75) is 25.8 Å². The van der Waals surface area contributed by atoms with Gasteiger partial charge in [-0.15, -0.1) is 0 Å². The smallest absolute Gasteiger partial charge is 0.306 e. The van der Waals surface area contributed by atoms with Crippen molar-refractivity contribution in [3.05, 3.63) is 35.0 Å². The summed E-state index contributed by atoms with van der Waals surface area (Å²) in [4.78, 5) is 14.4. The maximum absolute atomic E-state index is 11.2. The van der Waals surface area contributed by atoms with Gasteiger partial charge in [0, 0.05) is 28.7 Å². The van der Waals surface area contributed by atoms with Crippen molar-refractivity contribution in [1.82, 2.24) is 10.3 Å². The lowest BCUT2D eigenvalue weighted by Crippen LogP contribution is -2.28. The largest absolute Gasteiger partial charge is 0.481 e. The van der Waals surface area contributed by atoms with Gasteiger partial charge in [-0.05, 0) is 43.0 Å². The summed E-state index contributed by atoms with van der Waals surface area (Å²) in [6.07, 6.45) is 4.83. The zero-order valence-corrected chi connectivity index (χ0v) is 12.5. The van der Waals surface area contributed by atoms with Crippen molar-refractivity contribution in [2.24, 2.45) is 11.8 Å². The molecule has 2 atom stereocenters. The van der Waals surface area contributed by atoms with Crippen LogP contribution in [-0.2, 0) is 11.3 Å². The Morgan fingerprint density at radius 3 is 3.10 bits per heavy atom. The highest BCUT2D eigenvalue weighted by atomic mass is 35.5. The van der Waals surface area contributed by atoms with Crippen molar-refractivity contribution in [3.63, 3.8) is 0 Å². The minimum atomic E-state index is -0.652. The number of aromatic nitrogens is 1. The molecule has 1 aromatic carbocycles. The quantitative estimate of drug-likeness (QED) is 0.793. The first-order valence-corrected chi connectivity index (χ1v) is 7.72. The van der Waals surface area contributed by atoms with E-state index in [1.165, 1.54) is 5.56 Å². The van der Waals surface area contributed by atoms with Crippen LogP contribution in [0.4, 0.5) is 0 Å². The number of hydrogen-bond donors (Lipinski definition) is 3. The van der Waals surface area contributed by atoms with Crippen molar-refractivity contribution < 1.29 is 9.90 Å². The van der Waals surface area contributed by atoms with Gasteiger partial charge in [0.15, 0.2) is 0 Å². The summed E-state index contributed by atoms with van der Waals surface area (Å²) in [5.41, 5.74) is 2.22. The summed E-state index contributed by atoms with van der Waals surface area (Å²) in [6, 6.07) is 5.82. The van der Waals surface area contributed by atoms with E-state index in [0.717, 1.165) is 48.3 Å². The molecule has 0 amide bonds. The van der Waals surface area contributed by atoms with Crippen LogP contribution >= 0.6 is 11.6 Å². The highest BCUT2D eigenvalue weighted by Gasteiger charge is 2.32. The molecule has 21 heavy (non-hydrogen) atoms. The summed E-state index contributed by atoms with van der Waals surface area (Å²) in [6.45, 7) is 1.50. The molecule has 3 N–H and O–H groups in total. The normalized spacial score (nSPS) is 22.0. The third-order valence-electron chi connectivity index (χ3n) is 4.43. The number of aromatic amines is 1. The first-order chi connectivity index (χ1) is 10.1. The zero-order valence-electron chi connectivity index (χ0n) is 11.7. The Morgan fingerprint density at radius 1 is 1.43 bits per heavy atom. The Bertz CT molecular complexity index is 653. The van der Waals surface area contributed by atoms with Gasteiger partial charge in [0.2, 0.25) is 0 Å². The van der Waals surface area contributed by atoms with Crippen molar-refractivity contribution in [2.75, 3.05) is 6.54 Å². The van der Waals surface area contributed by atoms with E-state index < -0.39 is 5.97 Å². The molecule has 2 aromatic rings. The van der Waals surface area contributed by atoms with E-state index in [1.807, 2.05) is 24.4 Å². The summed E-state index contributed by atoms with van der Waals surface area (Å²) >= 11 is 5.97. The van der Waals surface area contributed by atoms with E-state index in [0.29, 0.717) is 0 Å². The molecule has 1 fully saturated rings. The maximum atomic E-state index is 11.2. The molecule has 112 valence electrons. The van der Waals surface area contributed by atoms with E-state index in [2.05, 4.69) is 10.3 Å². The molecule has 0 bridgehead atoms. The Balaban J connectivity index is 1.61. The molecule has 0 spiro atoms. The van der Waals surface area contributed by atoms with Crippen LogP contribution in [0.2, 0.25) is 5.02 Å². The molecule has 0 saturated heterocycles. The van der Waals surface area contributed by atoms with Crippen LogP contribution in [-0.4, -0.2) is 22.6 Å². The number of carboxylic acid groups (broad SMARTS) is 1. The first kappa shape index (κ1) is 14.4. The number of H-pyrrole nitrogens is 1. The highest BCUT2D eigenvalue weighted by Crippen LogP contribution is 2.31. The summed E-state index contributed by atoms with van der Waals surface area (Å²) < 4.78 is 0. The fourth-order valence-electron chi connectivity index (χ4n) is 3.30. The van der Waals surface area contributed by atoms with Gasteiger partial charge in [-0.1, -0.05) is 24.1 Å². The zero-order chi connectivity index (χ0) is 14.8. The second kappa shape index (κ2) is 6.08. The Labute approximate surface area is 128 Å². The van der Waals surface area contributed by atoms with Crippen LogP contribution in [0.25, 0.3) is 10.9 Å². The number of halogens is 1. The topological polar surface area (TPSA) is 65.1 Å². The summed E-state index contributed by atoms with van der Waals surface area (Å²) in [5, 5.41) is 14.5. The van der Waals surface area contributed by atoms with E-state index in [9.17, 15) is 9.90 Å². The van der Waals surface area contributed by atoms with Gasteiger partial charge in [-0.25, -0.2) is 0 Å². The fourth-order valence-corrected chi connectivity index (χ4v) is 3.48. The SMILES string of the molecule is O=C(O)C1CCCC1CNCc1c[nH]c2cc(Cl)ccc12. The number of aliphatic carboxylic acids is 1. The third-order valence-corrected chi connectivity index (χ3v) is 4.66. The number of nitrogens with one attached hydrogen (secondary N) is 2. The van der Waals surface area contributed by atoms with Gasteiger partial charge >= 0.3 is 5.97 Å². The van der Waals surface area contributed by atoms with Crippen LogP contribution in [0.1, 0.15) is 24.8 Å². The lowest BCUT2D eigenvalue weighted by molar-refractivity contribution is -0.142. The molecule has 5 heteroatoms. The van der Waals surface area contributed by atoms with Gasteiger partial charge in [-0.2, -0.15) is 0 Å². The highest BCUT2D eigenvalue weighted by molar-refractivity contribution is 6.31. The number of fused-ring (bicyclic) bond motifs is 1. The fraction of sp³-hybridized carbons (Fsp3) is 0.438. The minimum absolute atomic E-state index is 0.181. The molecule has 3 rings (SSSR count). The molecule has 0 aliphatic heterocycles. The molecule has 1 aliphatic carbocycles. The van der Waals surface area contributed by atoms with Crippen LogP contribution in [0.15, 0.2) is 24.4 Å². The molecule has 0 radical (unpaired) electrons. The molecule has 1 aromatic heterocycles. The van der Waals surface area contributed by atoms with Crippen LogP contribution in [0.3, 0.4) is 0 Å². The lowest BCUT2D eigenvalue weighted by atomic mass is 9.96. The molecule has 4 nitrogen and oxygen atoms in total. The first-order valence-electron chi connectivity index (χ1n) is 7.34. The van der Waals surface area contributed by atoms with E-state index >= 15 is 0 Å². The Hall–Kier alpha value is -1.52. The van der Waals surface area contributed by atoms with Crippen LogP contribution in [0, 0.1) is 11.8 Å². The molecule has 1 aliphatic rings. The number of benzene rings is 1. The minimum Gasteiger partial charge on any atom is -0.481 e. The molecule has 1 saturated carbocycles. The molecule has 1 heterocycles. The Kier molecular flexibility index (Phi) is 4.17. The van der Waals surface area contributed by atoms with Gasteiger partial charge < -0.3 is 15.4 Å². The predicted molar refractivity (Wildman–Crippen MR) is 83.5 cm³/mol. The predicted octanol–water partition coefficient (Wildman–Crippen LogP) is 3.41. The van der Waals surface area contributed by atoms with Gasteiger partial charge in [-0.3, -0.25) is 4.79 Å². The second-order valence-corrected chi connectivity index (χ2v) is 6.21. The second-order valence-electron chi connectivity index (χ2n) is 5.77. The third kappa shape index (κ3) is 3.06. The van der Waals surface area contributed by atoms with Gasteiger partial charge in [0.25, 0.3) is 0 Å². The number of carbonyl (C=O) groups is 1. The lowest BCUT2D eigenvalue weighted by Gasteiger charge is -2.16. The van der Waals surface area contributed by atoms with E-state index in [4.69, 9.17) is 11.6 Å². The van der Waals surface area contributed by atoms with Gasteiger partial charge in [0.1, 0.15) is 0 Å². The average molecular weight is 307 g/mol. The van der Waals surface area contributed by atoms with Gasteiger partial charge in [0.05, 0.1) is 5.92 Å². The number of hydrogen-bond acceptors (Lipinski definition) is 2. The monoisotopic (exact) mass is 306 g/mol. The molecular formula is C16H19ClN2O2. The van der Waals surface area contributed by atoms with E-state index in [1.54, 1.807) is 0 Å². The van der Waals surface area contributed by atoms with Crippen molar-refractivity contribution in [3.8, 4) is 0 Å².